The minimum atomic E-state index is -0.951. The molecule has 4 heterocycles. The highest BCUT2D eigenvalue weighted by Crippen LogP contribution is 2.50. The number of hydrogen-bond donors (Lipinski definition) is 0. The largest absolute Gasteiger partial charge is 0.460 e. The highest BCUT2D eigenvalue weighted by atomic mass is 16.7. The summed E-state index contributed by atoms with van der Waals surface area (Å²) in [6, 6.07) is 30.1. The number of benzene rings is 4. The third-order valence-corrected chi connectivity index (χ3v) is 7.74. The molecule has 0 unspecified atom stereocenters. The molecular weight excluding hydrogens is 480 g/mol. The van der Waals surface area contributed by atoms with Crippen molar-refractivity contribution < 1.29 is 28.5 Å². The van der Waals surface area contributed by atoms with Crippen LogP contribution in [0.2, 0.25) is 0 Å². The Morgan fingerprint density at radius 1 is 0.526 bits per heavy atom. The Kier molecular flexibility index (Phi) is 4.89. The lowest BCUT2D eigenvalue weighted by atomic mass is 9.81. The minimum Gasteiger partial charge on any atom is -0.460 e. The van der Waals surface area contributed by atoms with Crippen molar-refractivity contribution in [1.29, 1.82) is 0 Å². The molecule has 8 rings (SSSR count). The molecule has 0 fully saturated rings. The van der Waals surface area contributed by atoms with Crippen LogP contribution in [-0.2, 0) is 20.7 Å². The first kappa shape index (κ1) is 22.9. The van der Waals surface area contributed by atoms with Crippen LogP contribution >= 0.6 is 0 Å². The molecule has 38 heavy (non-hydrogen) atoms. The first-order valence-corrected chi connectivity index (χ1v) is 12.6. The predicted molar refractivity (Wildman–Crippen MR) is 138 cm³/mol. The predicted octanol–water partition coefficient (Wildman–Crippen LogP) is 6.41. The van der Waals surface area contributed by atoms with Crippen molar-refractivity contribution in [3.8, 4) is 11.5 Å². The Morgan fingerprint density at radius 2 is 0.895 bits per heavy atom. The van der Waals surface area contributed by atoms with Gasteiger partial charge in [-0.1, -0.05) is 84.9 Å². The van der Waals surface area contributed by atoms with Crippen LogP contribution in [0.5, 0.6) is 11.5 Å². The van der Waals surface area contributed by atoms with E-state index >= 15 is 0 Å². The molecular formula is C32H24O6. The zero-order valence-electron chi connectivity index (χ0n) is 20.8. The Labute approximate surface area is 219 Å². The van der Waals surface area contributed by atoms with Crippen molar-refractivity contribution in [2.24, 2.45) is 0 Å². The van der Waals surface area contributed by atoms with Gasteiger partial charge in [0.15, 0.2) is 22.8 Å². The minimum absolute atomic E-state index is 0.00454. The van der Waals surface area contributed by atoms with Gasteiger partial charge in [-0.05, 0) is 26.0 Å². The third-order valence-electron chi connectivity index (χ3n) is 7.74. The van der Waals surface area contributed by atoms with Crippen LogP contribution in [0.1, 0.15) is 69.4 Å². The number of para-hydroxylation sites is 2. The van der Waals surface area contributed by atoms with Gasteiger partial charge in [0.2, 0.25) is 12.6 Å². The van der Waals surface area contributed by atoms with E-state index in [0.29, 0.717) is 11.1 Å². The maximum Gasteiger partial charge on any atom is 0.228 e. The van der Waals surface area contributed by atoms with Crippen LogP contribution < -0.4 is 9.47 Å². The number of carbonyl (C=O) groups excluding carboxylic acids is 2. The fraction of sp³-hybridized carbons (Fsp3) is 0.188. The SMILES string of the molecule is C[C@@]12O[C@@H](Oc3ccccc31)c1ccccc1C2=O.C[C@]12O[C@H](Oc3ccccc31)c1ccccc1C2=O. The summed E-state index contributed by atoms with van der Waals surface area (Å²) < 4.78 is 23.5. The highest BCUT2D eigenvalue weighted by molar-refractivity contribution is 6.06. The van der Waals surface area contributed by atoms with Gasteiger partial charge >= 0.3 is 0 Å². The third kappa shape index (κ3) is 3.14. The summed E-state index contributed by atoms with van der Waals surface area (Å²) in [6.07, 6.45) is -1.01. The molecule has 0 saturated carbocycles. The van der Waals surface area contributed by atoms with Gasteiger partial charge in [0.25, 0.3) is 0 Å². The quantitative estimate of drug-likeness (QED) is 0.276. The van der Waals surface area contributed by atoms with Gasteiger partial charge < -0.3 is 18.9 Å². The number of rotatable bonds is 0. The van der Waals surface area contributed by atoms with Gasteiger partial charge in [0.1, 0.15) is 11.5 Å². The topological polar surface area (TPSA) is 71.1 Å². The molecule has 4 aromatic carbocycles. The summed E-state index contributed by atoms with van der Waals surface area (Å²) in [5.74, 6) is 1.44. The summed E-state index contributed by atoms with van der Waals surface area (Å²) in [5, 5.41) is 0. The van der Waals surface area contributed by atoms with E-state index in [-0.39, 0.29) is 11.6 Å². The summed E-state index contributed by atoms with van der Waals surface area (Å²) >= 11 is 0. The smallest absolute Gasteiger partial charge is 0.228 e. The van der Waals surface area contributed by atoms with E-state index in [1.165, 1.54) is 0 Å². The summed E-state index contributed by atoms with van der Waals surface area (Å²) in [5.41, 5.74) is 2.68. The number of hydrogen-bond acceptors (Lipinski definition) is 6. The summed E-state index contributed by atoms with van der Waals surface area (Å²) in [7, 11) is 0. The van der Waals surface area contributed by atoms with E-state index in [4.69, 9.17) is 18.9 Å². The van der Waals surface area contributed by atoms with Crippen LogP contribution in [0, 0.1) is 0 Å². The average Bonchev–Trinajstić information content (AvgIpc) is 2.95. The van der Waals surface area contributed by atoms with E-state index in [0.717, 1.165) is 33.8 Å². The summed E-state index contributed by atoms with van der Waals surface area (Å²) in [6.45, 7) is 3.64. The maximum absolute atomic E-state index is 12.7. The van der Waals surface area contributed by atoms with E-state index in [2.05, 4.69) is 0 Å². The van der Waals surface area contributed by atoms with Crippen molar-refractivity contribution in [2.75, 3.05) is 0 Å². The first-order valence-electron chi connectivity index (χ1n) is 12.6. The molecule has 188 valence electrons. The van der Waals surface area contributed by atoms with Gasteiger partial charge in [-0.15, -0.1) is 0 Å². The second kappa shape index (κ2) is 8.12. The molecule has 6 nitrogen and oxygen atoms in total. The number of Topliss-reactive ketones (excluding diaryl/α,β-unsaturated/α-hetero) is 2. The zero-order valence-corrected chi connectivity index (χ0v) is 20.8. The Morgan fingerprint density at radius 3 is 1.34 bits per heavy atom. The first-order chi connectivity index (χ1) is 18.4. The fourth-order valence-electron chi connectivity index (χ4n) is 5.70. The molecule has 0 aliphatic carbocycles. The van der Waals surface area contributed by atoms with Crippen molar-refractivity contribution in [3.63, 3.8) is 0 Å². The van der Waals surface area contributed by atoms with Crippen molar-refractivity contribution in [1.82, 2.24) is 0 Å². The number of fused-ring (bicyclic) bond motifs is 12. The van der Waals surface area contributed by atoms with Gasteiger partial charge in [-0.3, -0.25) is 9.59 Å². The van der Waals surface area contributed by atoms with Gasteiger partial charge in [-0.25, -0.2) is 0 Å². The highest BCUT2D eigenvalue weighted by Gasteiger charge is 2.51. The Bertz CT molecular complexity index is 1500. The van der Waals surface area contributed by atoms with Gasteiger partial charge in [0, 0.05) is 33.4 Å². The molecule has 0 amide bonds. The summed E-state index contributed by atoms with van der Waals surface area (Å²) in [4.78, 5) is 25.5. The Hall–Kier alpha value is -4.26. The molecule has 4 aliphatic heterocycles. The van der Waals surface area contributed by atoms with E-state index in [9.17, 15) is 9.59 Å². The molecule has 0 saturated heterocycles. The number of ether oxygens (including phenoxy) is 4. The average molecular weight is 505 g/mol. The monoisotopic (exact) mass is 504 g/mol. The molecule has 4 aliphatic rings. The lowest BCUT2D eigenvalue weighted by Crippen LogP contribution is -2.46. The van der Waals surface area contributed by atoms with Crippen molar-refractivity contribution >= 4 is 11.6 Å². The van der Waals surface area contributed by atoms with Crippen LogP contribution in [0.25, 0.3) is 0 Å². The van der Waals surface area contributed by atoms with Crippen LogP contribution in [0.15, 0.2) is 97.1 Å². The van der Waals surface area contributed by atoms with Crippen molar-refractivity contribution in [2.45, 2.75) is 37.6 Å². The molecule has 0 radical (unpaired) electrons. The molecule has 4 atom stereocenters. The molecule has 0 spiro atoms. The lowest BCUT2D eigenvalue weighted by molar-refractivity contribution is -0.179. The Balaban J connectivity index is 0.000000127. The molecule has 0 N–H and O–H groups in total. The normalized spacial score (nSPS) is 27.2. The van der Waals surface area contributed by atoms with Gasteiger partial charge in [-0.2, -0.15) is 0 Å². The van der Waals surface area contributed by atoms with Crippen LogP contribution in [0.4, 0.5) is 0 Å². The zero-order chi connectivity index (χ0) is 26.1. The molecule has 4 aromatic rings. The van der Waals surface area contributed by atoms with Crippen LogP contribution in [0.3, 0.4) is 0 Å². The molecule has 0 aromatic heterocycles. The van der Waals surface area contributed by atoms with E-state index in [1.807, 2.05) is 111 Å². The molecule has 4 bridgehead atoms. The van der Waals surface area contributed by atoms with Crippen LogP contribution in [-0.4, -0.2) is 11.6 Å². The lowest BCUT2D eigenvalue weighted by Gasteiger charge is -2.43. The standard InChI is InChI=1S/2C16H12O3/c2*1-16-12-8-4-5-9-13(12)18-15(19-16)11-7-3-2-6-10(11)14(16)17/h2*2-9,15H,1H3/t2*15-,16-/m10/s1. The fourth-order valence-corrected chi connectivity index (χ4v) is 5.70. The number of ketones is 2. The van der Waals surface area contributed by atoms with Gasteiger partial charge in [0.05, 0.1) is 0 Å². The van der Waals surface area contributed by atoms with Crippen molar-refractivity contribution in [3.05, 3.63) is 130 Å². The van der Waals surface area contributed by atoms with E-state index < -0.39 is 23.8 Å². The molecule has 6 heteroatoms. The van der Waals surface area contributed by atoms with E-state index in [1.54, 1.807) is 0 Å². The maximum atomic E-state index is 12.7. The second-order valence-electron chi connectivity index (χ2n) is 10.0. The second-order valence-corrected chi connectivity index (χ2v) is 10.0. The number of carbonyl (C=O) groups is 2.